The number of aryl methyl sites for hydroxylation is 1. The summed E-state index contributed by atoms with van der Waals surface area (Å²) in [5.41, 5.74) is 1.78. The fourth-order valence-corrected chi connectivity index (χ4v) is 4.46. The molecule has 34 heavy (non-hydrogen) atoms. The smallest absolute Gasteiger partial charge is 0.244 e. The number of rotatable bonds is 11. The zero-order chi connectivity index (χ0) is 25.5. The molecule has 1 N–H and O–H groups in total. The highest BCUT2D eigenvalue weighted by atomic mass is 35.5. The van der Waals surface area contributed by atoms with Crippen LogP contribution >= 0.6 is 11.6 Å². The van der Waals surface area contributed by atoms with E-state index in [-0.39, 0.29) is 18.1 Å². The Morgan fingerprint density at radius 2 is 1.88 bits per heavy atom. The van der Waals surface area contributed by atoms with Crippen LogP contribution in [-0.4, -0.2) is 57.6 Å². The monoisotopic (exact) mass is 509 g/mol. The number of halogens is 1. The van der Waals surface area contributed by atoms with Crippen molar-refractivity contribution >= 4 is 39.1 Å². The highest BCUT2D eigenvalue weighted by molar-refractivity contribution is 7.92. The Hall–Kier alpha value is -2.78. The number of benzene rings is 2. The predicted molar refractivity (Wildman–Crippen MR) is 135 cm³/mol. The van der Waals surface area contributed by atoms with Crippen LogP contribution in [-0.2, 0) is 26.2 Å². The fourth-order valence-electron chi connectivity index (χ4n) is 3.40. The van der Waals surface area contributed by atoms with E-state index in [1.807, 2.05) is 13.8 Å². The summed E-state index contributed by atoms with van der Waals surface area (Å²) in [4.78, 5) is 27.6. The van der Waals surface area contributed by atoms with Gasteiger partial charge in [-0.05, 0) is 55.7 Å². The standard InChI is InChI=1S/C24H32ClN3O5S/c1-6-12-26-24(30)18(3)27(15-19-8-7-9-20(25)14-19)23(29)16-28(34(5,31)32)21-13-17(2)10-11-22(21)33-4/h7-11,13-14,18H,6,12,15-16H2,1-5H3,(H,26,30)/t18-/m1/s1. The van der Waals surface area contributed by atoms with Crippen LogP contribution in [0.2, 0.25) is 5.02 Å². The Bertz CT molecular complexity index is 1120. The molecule has 0 aliphatic rings. The predicted octanol–water partition coefficient (Wildman–Crippen LogP) is 3.37. The van der Waals surface area contributed by atoms with E-state index in [9.17, 15) is 18.0 Å². The molecule has 2 aromatic rings. The van der Waals surface area contributed by atoms with Gasteiger partial charge in [0.1, 0.15) is 18.3 Å². The van der Waals surface area contributed by atoms with Crippen molar-refractivity contribution in [1.29, 1.82) is 0 Å². The Morgan fingerprint density at radius 3 is 2.47 bits per heavy atom. The van der Waals surface area contributed by atoms with Crippen molar-refractivity contribution in [1.82, 2.24) is 10.2 Å². The van der Waals surface area contributed by atoms with Crippen LogP contribution in [0.5, 0.6) is 5.75 Å². The summed E-state index contributed by atoms with van der Waals surface area (Å²) in [7, 11) is -2.42. The van der Waals surface area contributed by atoms with Crippen molar-refractivity contribution in [2.45, 2.75) is 39.8 Å². The molecule has 2 amide bonds. The first-order chi connectivity index (χ1) is 16.0. The maximum atomic E-state index is 13.5. The van der Waals surface area contributed by atoms with Gasteiger partial charge in [0, 0.05) is 18.1 Å². The molecule has 0 aromatic heterocycles. The van der Waals surface area contributed by atoms with Gasteiger partial charge in [0.2, 0.25) is 21.8 Å². The van der Waals surface area contributed by atoms with E-state index in [1.54, 1.807) is 49.4 Å². The fraction of sp³-hybridized carbons (Fsp3) is 0.417. The van der Waals surface area contributed by atoms with Crippen molar-refractivity contribution < 1.29 is 22.7 Å². The van der Waals surface area contributed by atoms with Crippen molar-refractivity contribution in [2.24, 2.45) is 0 Å². The topological polar surface area (TPSA) is 96.0 Å². The molecule has 0 aliphatic heterocycles. The van der Waals surface area contributed by atoms with Crippen LogP contribution in [0.15, 0.2) is 42.5 Å². The Morgan fingerprint density at radius 1 is 1.18 bits per heavy atom. The van der Waals surface area contributed by atoms with E-state index in [2.05, 4.69) is 5.32 Å². The molecule has 0 fully saturated rings. The number of nitrogens with one attached hydrogen (secondary N) is 1. The number of hydrogen-bond donors (Lipinski definition) is 1. The number of ether oxygens (including phenoxy) is 1. The third kappa shape index (κ3) is 7.36. The third-order valence-corrected chi connectivity index (χ3v) is 6.60. The molecular weight excluding hydrogens is 478 g/mol. The second kappa shape index (κ2) is 12.1. The van der Waals surface area contributed by atoms with Gasteiger partial charge in [0.25, 0.3) is 0 Å². The molecule has 0 saturated carbocycles. The van der Waals surface area contributed by atoms with Gasteiger partial charge in [-0.3, -0.25) is 13.9 Å². The highest BCUT2D eigenvalue weighted by Gasteiger charge is 2.31. The molecule has 2 rings (SSSR count). The molecule has 1 atom stereocenters. The van der Waals surface area contributed by atoms with Crippen LogP contribution in [0.3, 0.4) is 0 Å². The van der Waals surface area contributed by atoms with Crippen LogP contribution < -0.4 is 14.4 Å². The van der Waals surface area contributed by atoms with E-state index in [1.165, 1.54) is 12.0 Å². The molecule has 8 nitrogen and oxygen atoms in total. The Kier molecular flexibility index (Phi) is 9.76. The maximum absolute atomic E-state index is 13.5. The quantitative estimate of drug-likeness (QED) is 0.501. The largest absolute Gasteiger partial charge is 0.495 e. The lowest BCUT2D eigenvalue weighted by Gasteiger charge is -2.32. The molecule has 186 valence electrons. The van der Waals surface area contributed by atoms with E-state index < -0.39 is 28.5 Å². The van der Waals surface area contributed by atoms with Crippen molar-refractivity contribution in [2.75, 3.05) is 30.8 Å². The van der Waals surface area contributed by atoms with Crippen LogP contribution in [0.1, 0.15) is 31.4 Å². The lowest BCUT2D eigenvalue weighted by atomic mass is 10.1. The third-order valence-electron chi connectivity index (χ3n) is 5.24. The van der Waals surface area contributed by atoms with Gasteiger partial charge in [0.15, 0.2) is 0 Å². The van der Waals surface area contributed by atoms with Gasteiger partial charge in [-0.25, -0.2) is 8.42 Å². The summed E-state index contributed by atoms with van der Waals surface area (Å²) in [5, 5.41) is 3.29. The maximum Gasteiger partial charge on any atom is 0.244 e. The molecule has 0 heterocycles. The average molecular weight is 510 g/mol. The van der Waals surface area contributed by atoms with Gasteiger partial charge in [-0.1, -0.05) is 36.7 Å². The van der Waals surface area contributed by atoms with Gasteiger partial charge in [-0.2, -0.15) is 0 Å². The number of carbonyl (C=O) groups excluding carboxylic acids is 2. The highest BCUT2D eigenvalue weighted by Crippen LogP contribution is 2.31. The molecule has 0 radical (unpaired) electrons. The minimum Gasteiger partial charge on any atom is -0.495 e. The molecule has 0 spiro atoms. The molecule has 0 bridgehead atoms. The van der Waals surface area contributed by atoms with Crippen molar-refractivity contribution in [3.63, 3.8) is 0 Å². The summed E-state index contributed by atoms with van der Waals surface area (Å²) in [6, 6.07) is 11.2. The number of sulfonamides is 1. The van der Waals surface area contributed by atoms with Gasteiger partial charge >= 0.3 is 0 Å². The second-order valence-corrected chi connectivity index (χ2v) is 10.4. The molecule has 10 heteroatoms. The summed E-state index contributed by atoms with van der Waals surface area (Å²) in [5.74, 6) is -0.539. The minimum atomic E-state index is -3.85. The molecule has 0 aliphatic carbocycles. The summed E-state index contributed by atoms with van der Waals surface area (Å²) < 4.78 is 31.8. The summed E-state index contributed by atoms with van der Waals surface area (Å²) in [6.07, 6.45) is 1.77. The zero-order valence-corrected chi connectivity index (χ0v) is 21.7. The molecule has 0 unspecified atom stereocenters. The van der Waals surface area contributed by atoms with E-state index >= 15 is 0 Å². The first kappa shape index (κ1) is 27.5. The van der Waals surface area contributed by atoms with Crippen LogP contribution in [0.25, 0.3) is 0 Å². The molecule has 0 saturated heterocycles. The lowest BCUT2D eigenvalue weighted by Crippen LogP contribution is -2.51. The van der Waals surface area contributed by atoms with Gasteiger partial charge in [-0.15, -0.1) is 0 Å². The summed E-state index contributed by atoms with van der Waals surface area (Å²) in [6.45, 7) is 5.42. The van der Waals surface area contributed by atoms with Gasteiger partial charge < -0.3 is 15.0 Å². The summed E-state index contributed by atoms with van der Waals surface area (Å²) >= 11 is 6.11. The first-order valence-corrected chi connectivity index (χ1v) is 13.1. The number of carbonyl (C=O) groups is 2. The minimum absolute atomic E-state index is 0.0860. The first-order valence-electron chi connectivity index (χ1n) is 10.9. The SMILES string of the molecule is CCCNC(=O)[C@@H](C)N(Cc1cccc(Cl)c1)C(=O)CN(c1cc(C)ccc1OC)S(C)(=O)=O. The second-order valence-electron chi connectivity index (χ2n) is 8.06. The Labute approximate surface area is 206 Å². The molecule has 2 aromatic carbocycles. The Balaban J connectivity index is 2.45. The zero-order valence-electron chi connectivity index (χ0n) is 20.2. The van der Waals surface area contributed by atoms with Crippen LogP contribution in [0, 0.1) is 6.92 Å². The average Bonchev–Trinajstić information content (AvgIpc) is 2.78. The van der Waals surface area contributed by atoms with Crippen molar-refractivity contribution in [3.8, 4) is 5.75 Å². The number of methoxy groups -OCH3 is 1. The van der Waals surface area contributed by atoms with Crippen LogP contribution in [0.4, 0.5) is 5.69 Å². The van der Waals surface area contributed by atoms with Crippen molar-refractivity contribution in [3.05, 3.63) is 58.6 Å². The van der Waals surface area contributed by atoms with Gasteiger partial charge in [0.05, 0.1) is 19.1 Å². The van der Waals surface area contributed by atoms with E-state index in [0.717, 1.165) is 28.1 Å². The van der Waals surface area contributed by atoms with E-state index in [4.69, 9.17) is 16.3 Å². The number of nitrogens with zero attached hydrogens (tertiary/aromatic N) is 2. The number of amides is 2. The number of hydrogen-bond acceptors (Lipinski definition) is 5. The number of anilines is 1. The molecular formula is C24H32ClN3O5S. The lowest BCUT2D eigenvalue weighted by molar-refractivity contribution is -0.139. The van der Waals surface area contributed by atoms with E-state index in [0.29, 0.717) is 17.3 Å². The normalized spacial score (nSPS) is 12.1.